The Morgan fingerprint density at radius 1 is 0.472 bits per heavy atom. The number of hydrogen-bond donors (Lipinski definition) is 10. The fourth-order valence-electron chi connectivity index (χ4n) is 10.2. The Morgan fingerprint density at radius 3 is 1.24 bits per heavy atom. The Morgan fingerprint density at radius 2 is 0.840 bits per heavy atom. The lowest BCUT2D eigenvalue weighted by Gasteiger charge is -2.32. The first-order valence-corrected chi connectivity index (χ1v) is 35.3. The van der Waals surface area contributed by atoms with Crippen molar-refractivity contribution in [3.05, 3.63) is 144 Å². The van der Waals surface area contributed by atoms with Crippen LogP contribution in [0.5, 0.6) is 0 Å². The van der Waals surface area contributed by atoms with Crippen LogP contribution in [0, 0.1) is 11.8 Å². The van der Waals surface area contributed by atoms with Crippen LogP contribution in [0.15, 0.2) is 121 Å². The number of amides is 9. The molecule has 0 bridgehead atoms. The Kier molecular flexibility index (Phi) is 66.7. The van der Waals surface area contributed by atoms with Gasteiger partial charge in [0, 0.05) is 88.4 Å². The summed E-state index contributed by atoms with van der Waals surface area (Å²) in [7, 11) is 1.60. The van der Waals surface area contributed by atoms with Gasteiger partial charge in [0.15, 0.2) is 0 Å². The van der Waals surface area contributed by atoms with E-state index in [4.69, 9.17) is 16.2 Å². The van der Waals surface area contributed by atoms with E-state index in [9.17, 15) is 46.7 Å². The average Bonchev–Trinajstić information content (AvgIpc) is 1.25. The zero-order valence-corrected chi connectivity index (χ0v) is 61.9. The summed E-state index contributed by atoms with van der Waals surface area (Å²) in [5.41, 5.74) is 16.2. The minimum Gasteiger partial charge on any atom is -0.448 e. The van der Waals surface area contributed by atoms with Crippen molar-refractivity contribution in [1.82, 2.24) is 52.3 Å². The summed E-state index contributed by atoms with van der Waals surface area (Å²) in [5, 5.41) is 22.6. The summed E-state index contributed by atoms with van der Waals surface area (Å²) >= 11 is 0. The SMILES string of the molecule is C.C.C.C.C.C.C.CC(C)NC(=O)C(C)CC(F)(F)F.CC(C)NC(=O)C(NC1CCCC1)c1ccccc1.CC(C)NC(=O)N1CCC(Cc2ccccc2)CC1.CC(C)NC(=O)N1CCCCC1.CC(C)NC(=O)OC[C@@H](N)c1ccccc1.CC(C)NC(=O)[C@@H](N)Cc1ccccc1.CNC(C)=O. The highest BCUT2D eigenvalue weighted by atomic mass is 19.4. The van der Waals surface area contributed by atoms with Crippen LogP contribution < -0.4 is 54.0 Å². The minimum atomic E-state index is -4.27. The molecule has 2 aliphatic heterocycles. The molecule has 0 spiro atoms. The number of urea groups is 2. The maximum atomic E-state index is 12.4. The third kappa shape index (κ3) is 55.7. The monoisotopic (exact) mass is 1500 g/mol. The van der Waals surface area contributed by atoms with Crippen LogP contribution in [0.25, 0.3) is 0 Å². The molecular weight excluding hydrogens is 1350 g/mol. The molecule has 3 fully saturated rings. The van der Waals surface area contributed by atoms with Crippen LogP contribution in [-0.4, -0.2) is 146 Å². The molecule has 9 amide bonds. The topological polar surface area (TPSA) is 283 Å². The molecule has 612 valence electrons. The number of hydrogen-bond acceptors (Lipinski definition) is 11. The molecule has 20 nitrogen and oxygen atoms in total. The van der Waals surface area contributed by atoms with E-state index in [-0.39, 0.29) is 137 Å². The molecule has 2 saturated heterocycles. The maximum absolute atomic E-state index is 12.4. The van der Waals surface area contributed by atoms with Crippen LogP contribution >= 0.6 is 0 Å². The molecule has 3 aliphatic rings. The van der Waals surface area contributed by atoms with Gasteiger partial charge in [-0.1, -0.05) is 193 Å². The van der Waals surface area contributed by atoms with Gasteiger partial charge in [-0.3, -0.25) is 24.5 Å². The summed E-state index contributed by atoms with van der Waals surface area (Å²) in [6, 6.07) is 40.4. The third-order valence-electron chi connectivity index (χ3n) is 15.2. The first-order chi connectivity index (χ1) is 46.7. The molecule has 2 unspecified atom stereocenters. The van der Waals surface area contributed by atoms with Crippen LogP contribution in [-0.2, 0) is 36.8 Å². The molecule has 0 aromatic heterocycles. The number of alkyl carbamates (subject to hydrolysis) is 1. The first-order valence-electron chi connectivity index (χ1n) is 35.3. The van der Waals surface area contributed by atoms with Crippen molar-refractivity contribution in [2.45, 2.75) is 293 Å². The van der Waals surface area contributed by atoms with Gasteiger partial charge in [0.25, 0.3) is 0 Å². The second-order valence-corrected chi connectivity index (χ2v) is 27.1. The number of nitrogens with one attached hydrogen (secondary N) is 8. The minimum absolute atomic E-state index is 0. The highest BCUT2D eigenvalue weighted by Crippen LogP contribution is 2.26. The molecular formula is C83H151F3N12O8. The molecule has 106 heavy (non-hydrogen) atoms. The predicted octanol–water partition coefficient (Wildman–Crippen LogP) is 16.6. The number of carbonyl (C=O) groups excluding carboxylic acids is 7. The molecule has 12 N–H and O–H groups in total. The summed E-state index contributed by atoms with van der Waals surface area (Å²) in [6.45, 7) is 29.5. The standard InChI is InChI=1S/2C16H24N2O.C12H18N2O2.C12H18N2O.C9H18N2O.C8H14F3NO.C3H7NO.7CH4/c1-12(2)17-16(19)15(13-8-4-3-5-9-13)18-14-10-6-7-11-14;1-13(2)17-16(19)18-10-8-15(9-11-18)12-14-6-4-3-5-7-14;1-9(2)14-12(15)16-8-11(13)10-6-4-3-5-7-10;1-9(2)14-12(15)11(13)8-10-6-4-3-5-7-10;1-8(2)10-9(12)11-6-4-3-5-7-11;1-5(2)12-7(13)6(3)4-8(9,10)11;1-3(5)4-2;;;;;;;/h3-5,8-9,12,14-15,18H,6-7,10-11H2,1-2H3,(H,17,19);3-7,13,15H,8-12H2,1-2H3,(H,17,19);3-7,9,11H,8,13H2,1-2H3,(H,14,15);3-7,9,11H,8,13H2,1-2H3,(H,14,15);8H,3-7H2,1-2H3,(H,10,12);5-6H,4H2,1-3H3,(H,12,13);1-2H3,(H,4,5);7*1H4/t;;2*11-;;;;;;;;;;/m..10........../s1. The quantitative estimate of drug-likeness (QED) is 0.0397. The van der Waals surface area contributed by atoms with Gasteiger partial charge in [-0.2, -0.15) is 13.2 Å². The van der Waals surface area contributed by atoms with Crippen molar-refractivity contribution in [3.63, 3.8) is 0 Å². The van der Waals surface area contributed by atoms with Gasteiger partial charge >= 0.3 is 24.3 Å². The van der Waals surface area contributed by atoms with E-state index < -0.39 is 36.6 Å². The summed E-state index contributed by atoms with van der Waals surface area (Å²) in [6.07, 6.45) is 6.66. The molecule has 7 rings (SSSR count). The summed E-state index contributed by atoms with van der Waals surface area (Å²) in [5.74, 6) is -0.854. The highest BCUT2D eigenvalue weighted by Gasteiger charge is 2.33. The van der Waals surface area contributed by atoms with Crippen molar-refractivity contribution in [3.8, 4) is 0 Å². The fourth-order valence-corrected chi connectivity index (χ4v) is 10.2. The second kappa shape index (κ2) is 63.3. The summed E-state index contributed by atoms with van der Waals surface area (Å²) in [4.78, 5) is 83.0. The van der Waals surface area contributed by atoms with E-state index >= 15 is 0 Å². The molecule has 4 atom stereocenters. The Hall–Kier alpha value is -7.76. The van der Waals surface area contributed by atoms with Gasteiger partial charge in [0.2, 0.25) is 23.6 Å². The maximum Gasteiger partial charge on any atom is 0.407 e. The van der Waals surface area contributed by atoms with Crippen molar-refractivity contribution >= 4 is 41.8 Å². The van der Waals surface area contributed by atoms with E-state index in [0.29, 0.717) is 18.4 Å². The lowest BCUT2D eigenvalue weighted by Crippen LogP contribution is -2.46. The number of alkyl halides is 3. The fraction of sp³-hybridized carbons (Fsp3) is 0.627. The molecule has 2 heterocycles. The smallest absolute Gasteiger partial charge is 0.407 e. The first kappa shape index (κ1) is 112. The van der Waals surface area contributed by atoms with Gasteiger partial charge in [-0.15, -0.1) is 0 Å². The molecule has 0 radical (unpaired) electrons. The number of halogens is 3. The van der Waals surface area contributed by atoms with Crippen molar-refractivity contribution < 1.29 is 51.5 Å². The largest absolute Gasteiger partial charge is 0.448 e. The Labute approximate surface area is 642 Å². The molecule has 4 aromatic rings. The lowest BCUT2D eigenvalue weighted by molar-refractivity contribution is -0.153. The number of benzene rings is 4. The number of piperidine rings is 2. The molecule has 1 aliphatic carbocycles. The van der Waals surface area contributed by atoms with Gasteiger partial charge in [-0.05, 0) is 169 Å². The Balaban J connectivity index is -0.000000218. The van der Waals surface area contributed by atoms with Crippen molar-refractivity contribution in [2.24, 2.45) is 23.3 Å². The zero-order valence-electron chi connectivity index (χ0n) is 61.9. The van der Waals surface area contributed by atoms with E-state index in [0.717, 1.165) is 75.0 Å². The molecule has 1 saturated carbocycles. The van der Waals surface area contributed by atoms with Crippen molar-refractivity contribution in [2.75, 3.05) is 39.8 Å². The third-order valence-corrected chi connectivity index (χ3v) is 15.2. The van der Waals surface area contributed by atoms with Crippen LogP contribution in [0.3, 0.4) is 0 Å². The van der Waals surface area contributed by atoms with Crippen LogP contribution in [0.1, 0.15) is 247 Å². The normalized spacial score (nSPS) is 13.9. The molecule has 23 heteroatoms. The number of carbonyl (C=O) groups is 7. The van der Waals surface area contributed by atoms with E-state index in [1.54, 1.807) is 20.9 Å². The second-order valence-electron chi connectivity index (χ2n) is 27.1. The number of nitrogens with two attached hydrogens (primary N) is 2. The van der Waals surface area contributed by atoms with Crippen LogP contribution in [0.2, 0.25) is 0 Å². The molecule has 4 aromatic carbocycles. The summed E-state index contributed by atoms with van der Waals surface area (Å²) < 4.78 is 40.5. The lowest BCUT2D eigenvalue weighted by atomic mass is 9.90. The van der Waals surface area contributed by atoms with Gasteiger partial charge in [0.1, 0.15) is 12.6 Å². The van der Waals surface area contributed by atoms with Gasteiger partial charge in [0.05, 0.1) is 18.5 Å². The van der Waals surface area contributed by atoms with Gasteiger partial charge < -0.3 is 63.2 Å². The Bertz CT molecular complexity index is 2820. The van der Waals surface area contributed by atoms with Crippen molar-refractivity contribution in [1.29, 1.82) is 0 Å². The number of nitrogens with zero attached hydrogens (tertiary/aromatic N) is 2. The average molecular weight is 1500 g/mol. The number of likely N-dealkylation sites (tertiary alicyclic amines) is 2. The van der Waals surface area contributed by atoms with E-state index in [1.807, 2.05) is 170 Å². The van der Waals surface area contributed by atoms with Crippen LogP contribution in [0.4, 0.5) is 27.6 Å². The zero-order chi connectivity index (χ0) is 74.5. The van der Waals surface area contributed by atoms with E-state index in [1.165, 1.54) is 51.5 Å². The highest BCUT2D eigenvalue weighted by molar-refractivity contribution is 5.83. The van der Waals surface area contributed by atoms with Gasteiger partial charge in [-0.25, -0.2) is 14.4 Å². The van der Waals surface area contributed by atoms with E-state index in [2.05, 4.69) is 72.9 Å². The predicted molar refractivity (Wildman–Crippen MR) is 439 cm³/mol. The number of rotatable bonds is 20. The number of ether oxygens (including phenoxy) is 1.